The van der Waals surface area contributed by atoms with Gasteiger partial charge in [0.15, 0.2) is 0 Å². The molecule has 0 aliphatic carbocycles. The Morgan fingerprint density at radius 1 is 1.43 bits per heavy atom. The van der Waals surface area contributed by atoms with Crippen LogP contribution in [0.4, 0.5) is 0 Å². The molecule has 1 rings (SSSR count). The van der Waals surface area contributed by atoms with E-state index >= 15 is 0 Å². The fourth-order valence-corrected chi connectivity index (χ4v) is 1.43. The van der Waals surface area contributed by atoms with Crippen molar-refractivity contribution in [2.75, 3.05) is 0 Å². The second kappa shape index (κ2) is 4.80. The van der Waals surface area contributed by atoms with Crippen molar-refractivity contribution in [3.63, 3.8) is 0 Å². The largest absolute Gasteiger partial charge is 0.478 e. The zero-order chi connectivity index (χ0) is 10.6. The van der Waals surface area contributed by atoms with Crippen molar-refractivity contribution in [3.05, 3.63) is 42.3 Å². The van der Waals surface area contributed by atoms with Crippen LogP contribution in [-0.4, -0.2) is 11.1 Å². The van der Waals surface area contributed by atoms with Crippen molar-refractivity contribution in [3.8, 4) is 0 Å². The standard InChI is InChI=1S/C12H15O2/c1-3-4-9(2)10-5-7-11(8-6-10)12(13)14/h5-9H,1,3-4H2,2H3,(H,13,14). The Kier molecular flexibility index (Phi) is 3.69. The van der Waals surface area contributed by atoms with E-state index in [-0.39, 0.29) is 0 Å². The first-order valence-electron chi connectivity index (χ1n) is 4.77. The van der Waals surface area contributed by atoms with Gasteiger partial charge in [0.25, 0.3) is 0 Å². The van der Waals surface area contributed by atoms with Crippen molar-refractivity contribution < 1.29 is 9.90 Å². The van der Waals surface area contributed by atoms with Crippen LogP contribution in [0.2, 0.25) is 0 Å². The summed E-state index contributed by atoms with van der Waals surface area (Å²) < 4.78 is 0. The Balaban J connectivity index is 2.77. The number of rotatable bonds is 4. The van der Waals surface area contributed by atoms with Crippen molar-refractivity contribution in [1.29, 1.82) is 0 Å². The molecule has 1 unspecified atom stereocenters. The number of hydrogen-bond donors (Lipinski definition) is 1. The van der Waals surface area contributed by atoms with Gasteiger partial charge < -0.3 is 5.11 Å². The maximum absolute atomic E-state index is 10.6. The SMILES string of the molecule is [CH2]CCC(C)c1ccc(C(=O)O)cc1. The summed E-state index contributed by atoms with van der Waals surface area (Å²) in [5, 5.41) is 8.71. The van der Waals surface area contributed by atoms with E-state index < -0.39 is 5.97 Å². The molecule has 0 aromatic heterocycles. The van der Waals surface area contributed by atoms with Gasteiger partial charge in [-0.2, -0.15) is 0 Å². The number of carboxylic acid groups (broad SMARTS) is 1. The Labute approximate surface area is 84.6 Å². The number of carbonyl (C=O) groups is 1. The van der Waals surface area contributed by atoms with Gasteiger partial charge in [0.2, 0.25) is 0 Å². The van der Waals surface area contributed by atoms with Crippen LogP contribution in [0.3, 0.4) is 0 Å². The van der Waals surface area contributed by atoms with Crippen LogP contribution in [0.5, 0.6) is 0 Å². The van der Waals surface area contributed by atoms with E-state index in [0.29, 0.717) is 11.5 Å². The molecule has 0 fully saturated rings. The summed E-state index contributed by atoms with van der Waals surface area (Å²) in [5.74, 6) is -0.420. The van der Waals surface area contributed by atoms with Gasteiger partial charge in [-0.15, -0.1) is 0 Å². The third-order valence-corrected chi connectivity index (χ3v) is 2.36. The summed E-state index contributed by atoms with van der Waals surface area (Å²) in [6.07, 6.45) is 1.94. The highest BCUT2D eigenvalue weighted by Gasteiger charge is 2.06. The van der Waals surface area contributed by atoms with Crippen molar-refractivity contribution in [1.82, 2.24) is 0 Å². The molecule has 1 aromatic rings. The molecule has 1 atom stereocenters. The van der Waals surface area contributed by atoms with Crippen LogP contribution >= 0.6 is 0 Å². The lowest BCUT2D eigenvalue weighted by molar-refractivity contribution is 0.0697. The first-order valence-corrected chi connectivity index (χ1v) is 4.77. The van der Waals surface area contributed by atoms with Gasteiger partial charge in [0, 0.05) is 0 Å². The fraction of sp³-hybridized carbons (Fsp3) is 0.333. The molecule has 0 saturated carbocycles. The summed E-state index contributed by atoms with van der Waals surface area (Å²) in [6, 6.07) is 7.06. The van der Waals surface area contributed by atoms with Gasteiger partial charge in [0.05, 0.1) is 5.56 Å². The number of benzene rings is 1. The average Bonchev–Trinajstić information content (AvgIpc) is 2.18. The lowest BCUT2D eigenvalue weighted by Crippen LogP contribution is -1.98. The second-order valence-electron chi connectivity index (χ2n) is 3.47. The molecule has 0 saturated heterocycles. The molecule has 0 aliphatic heterocycles. The van der Waals surface area contributed by atoms with E-state index in [1.807, 2.05) is 12.1 Å². The summed E-state index contributed by atoms with van der Waals surface area (Å²) in [4.78, 5) is 10.6. The van der Waals surface area contributed by atoms with Gasteiger partial charge in [-0.05, 0) is 30.0 Å². The van der Waals surface area contributed by atoms with Crippen LogP contribution in [0.25, 0.3) is 0 Å². The predicted molar refractivity (Wildman–Crippen MR) is 56.4 cm³/mol. The molecule has 75 valence electrons. The van der Waals surface area contributed by atoms with Crippen LogP contribution in [0.1, 0.15) is 41.6 Å². The zero-order valence-corrected chi connectivity index (χ0v) is 8.36. The highest BCUT2D eigenvalue weighted by atomic mass is 16.4. The number of aromatic carboxylic acids is 1. The Hall–Kier alpha value is -1.31. The van der Waals surface area contributed by atoms with Gasteiger partial charge in [-0.25, -0.2) is 4.79 Å². The minimum absolute atomic E-state index is 0.343. The zero-order valence-electron chi connectivity index (χ0n) is 8.36. The monoisotopic (exact) mass is 191 g/mol. The highest BCUT2D eigenvalue weighted by Crippen LogP contribution is 2.20. The summed E-state index contributed by atoms with van der Waals surface area (Å²) in [5.41, 5.74) is 1.52. The third-order valence-electron chi connectivity index (χ3n) is 2.36. The van der Waals surface area contributed by atoms with E-state index in [9.17, 15) is 4.79 Å². The van der Waals surface area contributed by atoms with Gasteiger partial charge in [0.1, 0.15) is 0 Å². The van der Waals surface area contributed by atoms with Gasteiger partial charge in [-0.3, -0.25) is 0 Å². The maximum Gasteiger partial charge on any atom is 0.335 e. The molecule has 1 aromatic carbocycles. The topological polar surface area (TPSA) is 37.3 Å². The molecule has 2 heteroatoms. The van der Waals surface area contributed by atoms with Gasteiger partial charge >= 0.3 is 5.97 Å². The highest BCUT2D eigenvalue weighted by molar-refractivity contribution is 5.87. The first kappa shape index (κ1) is 10.8. The van der Waals surface area contributed by atoms with Gasteiger partial charge in [-0.1, -0.05) is 32.4 Å². The van der Waals surface area contributed by atoms with Crippen LogP contribution in [-0.2, 0) is 0 Å². The molecule has 0 bridgehead atoms. The summed E-state index contributed by atoms with van der Waals surface area (Å²) in [7, 11) is 0. The molecule has 0 spiro atoms. The minimum atomic E-state index is -0.874. The van der Waals surface area contributed by atoms with E-state index in [4.69, 9.17) is 5.11 Å². The molecule has 14 heavy (non-hydrogen) atoms. The van der Waals surface area contributed by atoms with Crippen molar-refractivity contribution in [2.24, 2.45) is 0 Å². The normalized spacial score (nSPS) is 12.4. The summed E-state index contributed by atoms with van der Waals surface area (Å²) >= 11 is 0. The van der Waals surface area contributed by atoms with Crippen molar-refractivity contribution in [2.45, 2.75) is 25.7 Å². The van der Waals surface area contributed by atoms with E-state index in [2.05, 4.69) is 13.8 Å². The maximum atomic E-state index is 10.6. The van der Waals surface area contributed by atoms with E-state index in [1.165, 1.54) is 5.56 Å². The fourth-order valence-electron chi connectivity index (χ4n) is 1.43. The summed E-state index contributed by atoms with van der Waals surface area (Å²) in [6.45, 7) is 5.93. The molecule has 1 radical (unpaired) electrons. The average molecular weight is 191 g/mol. The minimum Gasteiger partial charge on any atom is -0.478 e. The molecule has 0 amide bonds. The Morgan fingerprint density at radius 2 is 2.00 bits per heavy atom. The molecule has 0 heterocycles. The lowest BCUT2D eigenvalue weighted by atomic mass is 9.96. The van der Waals surface area contributed by atoms with Crippen molar-refractivity contribution >= 4 is 5.97 Å². The number of carboxylic acids is 1. The third kappa shape index (κ3) is 2.59. The Bertz CT molecular complexity index is 301. The number of hydrogen-bond acceptors (Lipinski definition) is 1. The predicted octanol–water partition coefficient (Wildman–Crippen LogP) is 3.10. The quantitative estimate of drug-likeness (QED) is 0.794. The molecular formula is C12H15O2. The Morgan fingerprint density at radius 3 is 2.43 bits per heavy atom. The first-order chi connectivity index (χ1) is 6.65. The van der Waals surface area contributed by atoms with Crippen LogP contribution in [0.15, 0.2) is 24.3 Å². The molecule has 0 aliphatic rings. The molecule has 1 N–H and O–H groups in total. The van der Waals surface area contributed by atoms with Crippen LogP contribution < -0.4 is 0 Å². The van der Waals surface area contributed by atoms with E-state index in [1.54, 1.807) is 12.1 Å². The second-order valence-corrected chi connectivity index (χ2v) is 3.47. The van der Waals surface area contributed by atoms with Crippen LogP contribution in [0, 0.1) is 6.92 Å². The van der Waals surface area contributed by atoms with E-state index in [0.717, 1.165) is 12.8 Å². The smallest absolute Gasteiger partial charge is 0.335 e. The lowest BCUT2D eigenvalue weighted by Gasteiger charge is -2.10. The molecular weight excluding hydrogens is 176 g/mol. The molecule has 2 nitrogen and oxygen atoms in total.